The highest BCUT2D eigenvalue weighted by atomic mass is 19.2. The number of aromatic nitrogens is 1. The van der Waals surface area contributed by atoms with Crippen LogP contribution in [0.5, 0.6) is 0 Å². The van der Waals surface area contributed by atoms with Crippen LogP contribution in [0.3, 0.4) is 0 Å². The highest BCUT2D eigenvalue weighted by molar-refractivity contribution is 6.04. The SMILES string of the molecule is O=C(NNc1c(F)c(F)nc(F)c1F)NC(=O)c1c(F)cccc1F. The number of benzene rings is 1. The van der Waals surface area contributed by atoms with Crippen LogP contribution in [-0.4, -0.2) is 16.9 Å². The Kier molecular flexibility index (Phi) is 5.10. The smallest absolute Gasteiger partial charge is 0.291 e. The number of halogens is 6. The highest BCUT2D eigenvalue weighted by Crippen LogP contribution is 2.21. The molecule has 1 aromatic heterocycles. The molecule has 3 N–H and O–H groups in total. The monoisotopic (exact) mass is 364 g/mol. The van der Waals surface area contributed by atoms with E-state index in [1.165, 1.54) is 16.2 Å². The highest BCUT2D eigenvalue weighted by Gasteiger charge is 2.22. The van der Waals surface area contributed by atoms with Gasteiger partial charge in [-0.1, -0.05) is 6.07 Å². The molecule has 0 aliphatic rings. The molecule has 25 heavy (non-hydrogen) atoms. The van der Waals surface area contributed by atoms with E-state index < -0.39 is 58.4 Å². The van der Waals surface area contributed by atoms with Crippen molar-refractivity contribution in [3.8, 4) is 0 Å². The largest absolute Gasteiger partial charge is 0.340 e. The summed E-state index contributed by atoms with van der Waals surface area (Å²) in [4.78, 5) is 25.3. The minimum atomic E-state index is -1.99. The fourth-order valence-corrected chi connectivity index (χ4v) is 1.63. The molecule has 0 unspecified atom stereocenters. The van der Waals surface area contributed by atoms with Crippen LogP contribution in [-0.2, 0) is 0 Å². The van der Waals surface area contributed by atoms with E-state index in [9.17, 15) is 35.9 Å². The van der Waals surface area contributed by atoms with Crippen molar-refractivity contribution < 1.29 is 35.9 Å². The molecule has 1 heterocycles. The molecule has 0 aliphatic carbocycles. The van der Waals surface area contributed by atoms with Crippen LogP contribution in [0, 0.1) is 35.2 Å². The molecule has 0 radical (unpaired) electrons. The second-order valence-corrected chi connectivity index (χ2v) is 4.33. The van der Waals surface area contributed by atoms with Crippen molar-refractivity contribution >= 4 is 17.6 Å². The Morgan fingerprint density at radius 1 is 0.880 bits per heavy atom. The Morgan fingerprint density at radius 2 is 1.40 bits per heavy atom. The lowest BCUT2D eigenvalue weighted by Gasteiger charge is -2.11. The van der Waals surface area contributed by atoms with Crippen LogP contribution >= 0.6 is 0 Å². The quantitative estimate of drug-likeness (QED) is 0.444. The van der Waals surface area contributed by atoms with Crippen LogP contribution in [0.25, 0.3) is 0 Å². The molecule has 0 spiro atoms. The summed E-state index contributed by atoms with van der Waals surface area (Å²) in [6.45, 7) is 0. The lowest BCUT2D eigenvalue weighted by atomic mass is 10.2. The van der Waals surface area contributed by atoms with Crippen molar-refractivity contribution in [3.05, 3.63) is 58.9 Å². The van der Waals surface area contributed by atoms with E-state index in [1.807, 2.05) is 0 Å². The zero-order valence-corrected chi connectivity index (χ0v) is 11.8. The Balaban J connectivity index is 2.08. The lowest BCUT2D eigenvalue weighted by Crippen LogP contribution is -2.43. The summed E-state index contributed by atoms with van der Waals surface area (Å²) in [7, 11) is 0. The Hall–Kier alpha value is -3.31. The summed E-state index contributed by atoms with van der Waals surface area (Å²) in [5.74, 6) is -11.9. The Morgan fingerprint density at radius 3 is 1.92 bits per heavy atom. The minimum absolute atomic E-state index is 0.751. The number of rotatable bonds is 3. The van der Waals surface area contributed by atoms with Crippen LogP contribution < -0.4 is 16.2 Å². The molecule has 0 aliphatic heterocycles. The van der Waals surface area contributed by atoms with Gasteiger partial charge in [0.05, 0.1) is 0 Å². The average molecular weight is 364 g/mol. The summed E-state index contributed by atoms with van der Waals surface area (Å²) in [5, 5.41) is 1.44. The first-order valence-corrected chi connectivity index (χ1v) is 6.23. The standard InChI is InChI=1S/C13H6F6N4O2/c14-4-2-1-3-5(15)6(4)12(24)21-13(25)23-22-9-7(16)10(18)20-11(19)8(9)17/h1-3H,(H,20,22)(H2,21,23,24,25). The number of imide groups is 1. The van der Waals surface area contributed by atoms with E-state index >= 15 is 0 Å². The van der Waals surface area contributed by atoms with Crippen molar-refractivity contribution in [2.24, 2.45) is 0 Å². The summed E-state index contributed by atoms with van der Waals surface area (Å²) in [6, 6.07) is 0.952. The van der Waals surface area contributed by atoms with Crippen molar-refractivity contribution in [1.82, 2.24) is 15.7 Å². The van der Waals surface area contributed by atoms with Gasteiger partial charge in [0.1, 0.15) is 22.9 Å². The maximum atomic E-state index is 13.4. The Bertz CT molecular complexity index is 814. The van der Waals surface area contributed by atoms with E-state index in [0.29, 0.717) is 0 Å². The maximum absolute atomic E-state index is 13.4. The number of hydrazine groups is 1. The molecule has 12 heteroatoms. The van der Waals surface area contributed by atoms with E-state index in [-0.39, 0.29) is 0 Å². The fraction of sp³-hybridized carbons (Fsp3) is 0. The topological polar surface area (TPSA) is 83.1 Å². The third-order valence-corrected chi connectivity index (χ3v) is 2.72. The van der Waals surface area contributed by atoms with Gasteiger partial charge in [-0.2, -0.15) is 22.5 Å². The predicted octanol–water partition coefficient (Wildman–Crippen LogP) is 2.38. The molecule has 1 aromatic carbocycles. The van der Waals surface area contributed by atoms with Crippen LogP contribution in [0.4, 0.5) is 36.8 Å². The average Bonchev–Trinajstić information content (AvgIpc) is 2.52. The third-order valence-electron chi connectivity index (χ3n) is 2.72. The van der Waals surface area contributed by atoms with Crippen molar-refractivity contribution in [2.75, 3.05) is 5.43 Å². The first-order valence-electron chi connectivity index (χ1n) is 6.23. The first kappa shape index (κ1) is 18.0. The second-order valence-electron chi connectivity index (χ2n) is 4.33. The van der Waals surface area contributed by atoms with E-state index in [4.69, 9.17) is 0 Å². The molecule has 2 rings (SSSR count). The Labute approximate surface area is 134 Å². The maximum Gasteiger partial charge on any atom is 0.340 e. The summed E-state index contributed by atoms with van der Waals surface area (Å²) < 4.78 is 79.0. The second kappa shape index (κ2) is 7.07. The van der Waals surface area contributed by atoms with Crippen LogP contribution in [0.15, 0.2) is 18.2 Å². The molecule has 132 valence electrons. The molecule has 0 atom stereocenters. The molecule has 2 aromatic rings. The molecular weight excluding hydrogens is 358 g/mol. The minimum Gasteiger partial charge on any atom is -0.291 e. The molecular formula is C13H6F6N4O2. The van der Waals surface area contributed by atoms with E-state index in [0.717, 1.165) is 18.2 Å². The van der Waals surface area contributed by atoms with Crippen LogP contribution in [0.1, 0.15) is 10.4 Å². The lowest BCUT2D eigenvalue weighted by molar-refractivity contribution is 0.0956. The first-order chi connectivity index (χ1) is 11.7. The van der Waals surface area contributed by atoms with Crippen molar-refractivity contribution in [3.63, 3.8) is 0 Å². The van der Waals surface area contributed by atoms with Gasteiger partial charge in [0.2, 0.25) is 11.6 Å². The number of nitrogens with zero attached hydrogens (tertiary/aromatic N) is 1. The van der Waals surface area contributed by atoms with Gasteiger partial charge >= 0.3 is 6.03 Å². The number of carbonyl (C=O) groups excluding carboxylic acids is 2. The molecule has 0 bridgehead atoms. The van der Waals surface area contributed by atoms with Gasteiger partial charge < -0.3 is 0 Å². The van der Waals surface area contributed by atoms with E-state index in [2.05, 4.69) is 4.98 Å². The normalized spacial score (nSPS) is 10.3. The number of pyridine rings is 1. The summed E-state index contributed by atoms with van der Waals surface area (Å²) in [6.07, 6.45) is 0. The van der Waals surface area contributed by atoms with Gasteiger partial charge in [-0.25, -0.2) is 13.6 Å². The molecule has 0 saturated carbocycles. The van der Waals surface area contributed by atoms with Gasteiger partial charge in [-0.05, 0) is 12.1 Å². The summed E-state index contributed by atoms with van der Waals surface area (Å²) in [5.41, 5.74) is 0.418. The van der Waals surface area contributed by atoms with Gasteiger partial charge in [-0.15, -0.1) is 0 Å². The van der Waals surface area contributed by atoms with Crippen molar-refractivity contribution in [1.29, 1.82) is 0 Å². The van der Waals surface area contributed by atoms with Gasteiger partial charge in [0.25, 0.3) is 17.8 Å². The number of nitrogens with one attached hydrogen (secondary N) is 3. The fourth-order valence-electron chi connectivity index (χ4n) is 1.63. The van der Waals surface area contributed by atoms with Gasteiger partial charge in [0.15, 0.2) is 0 Å². The zero-order chi connectivity index (χ0) is 18.7. The molecule has 6 nitrogen and oxygen atoms in total. The number of urea groups is 1. The number of hydrogen-bond donors (Lipinski definition) is 3. The zero-order valence-electron chi connectivity index (χ0n) is 11.8. The molecule has 0 saturated heterocycles. The predicted molar refractivity (Wildman–Crippen MR) is 70.0 cm³/mol. The number of amides is 3. The van der Waals surface area contributed by atoms with Crippen LogP contribution in [0.2, 0.25) is 0 Å². The van der Waals surface area contributed by atoms with Gasteiger partial charge in [0, 0.05) is 0 Å². The number of hydrogen-bond acceptors (Lipinski definition) is 4. The number of carbonyl (C=O) groups is 2. The molecule has 3 amide bonds. The number of anilines is 1. The van der Waals surface area contributed by atoms with Crippen molar-refractivity contribution in [2.45, 2.75) is 0 Å². The molecule has 0 fully saturated rings. The van der Waals surface area contributed by atoms with E-state index in [1.54, 1.807) is 0 Å². The summed E-state index contributed by atoms with van der Waals surface area (Å²) >= 11 is 0. The van der Waals surface area contributed by atoms with Gasteiger partial charge in [-0.3, -0.25) is 21.0 Å². The third kappa shape index (κ3) is 3.79.